The Labute approximate surface area is 91.2 Å². The summed E-state index contributed by atoms with van der Waals surface area (Å²) in [5.74, 6) is 0.0617. The van der Waals surface area contributed by atoms with Crippen molar-refractivity contribution in [3.8, 4) is 0 Å². The summed E-state index contributed by atoms with van der Waals surface area (Å²) >= 11 is 9.01. The number of halogens is 3. The van der Waals surface area contributed by atoms with Gasteiger partial charge in [0.25, 0.3) is 0 Å². The molecule has 0 fully saturated rings. The number of alkyl halides is 2. The number of hydrogen-bond donors (Lipinski definition) is 0. The predicted molar refractivity (Wildman–Crippen MR) is 58.1 cm³/mol. The molecule has 0 amide bonds. The zero-order chi connectivity index (χ0) is 9.68. The molecule has 0 N–H and O–H groups in total. The Balaban J connectivity index is 2.85. The normalized spacial score (nSPS) is 10.4. The van der Waals surface area contributed by atoms with E-state index in [1.54, 1.807) is 6.07 Å². The molecular weight excluding hydrogens is 254 g/mol. The van der Waals surface area contributed by atoms with Crippen LogP contribution < -0.4 is 0 Å². The van der Waals surface area contributed by atoms with Crippen LogP contribution in [0.4, 0.5) is 4.39 Å². The largest absolute Gasteiger partial charge is 0.207 e. The van der Waals surface area contributed by atoms with Gasteiger partial charge in [-0.1, -0.05) is 28.1 Å². The molecule has 0 saturated heterocycles. The molecule has 0 nitrogen and oxygen atoms in total. The molecular formula is C10H11BrClF. The molecule has 1 aromatic carbocycles. The third-order valence-corrected chi connectivity index (χ3v) is 2.76. The zero-order valence-electron chi connectivity index (χ0n) is 7.19. The minimum Gasteiger partial charge on any atom is -0.207 e. The van der Waals surface area contributed by atoms with Gasteiger partial charge in [-0.3, -0.25) is 0 Å². The van der Waals surface area contributed by atoms with Crippen molar-refractivity contribution in [2.24, 2.45) is 0 Å². The van der Waals surface area contributed by atoms with Crippen LogP contribution >= 0.6 is 27.5 Å². The Morgan fingerprint density at radius 2 is 2.15 bits per heavy atom. The molecule has 0 unspecified atom stereocenters. The lowest BCUT2D eigenvalue weighted by Crippen LogP contribution is -1.96. The van der Waals surface area contributed by atoms with Crippen LogP contribution in [0.15, 0.2) is 18.2 Å². The maximum absolute atomic E-state index is 13.2. The number of rotatable bonds is 4. The molecule has 0 heterocycles. The second-order valence-electron chi connectivity index (χ2n) is 2.80. The Morgan fingerprint density at radius 3 is 2.77 bits per heavy atom. The van der Waals surface area contributed by atoms with Gasteiger partial charge >= 0.3 is 0 Å². The van der Waals surface area contributed by atoms with Gasteiger partial charge in [0.2, 0.25) is 0 Å². The van der Waals surface area contributed by atoms with E-state index < -0.39 is 0 Å². The molecule has 0 aliphatic heterocycles. The predicted octanol–water partition coefficient (Wildman–Crippen LogP) is 3.89. The minimum atomic E-state index is -0.193. The average Bonchev–Trinajstić information content (AvgIpc) is 2.15. The number of benzene rings is 1. The van der Waals surface area contributed by atoms with E-state index in [4.69, 9.17) is 11.6 Å². The van der Waals surface area contributed by atoms with Gasteiger partial charge in [-0.25, -0.2) is 4.39 Å². The maximum Gasteiger partial charge on any atom is 0.127 e. The molecule has 0 aromatic heterocycles. The fourth-order valence-corrected chi connectivity index (χ4v) is 1.82. The zero-order valence-corrected chi connectivity index (χ0v) is 9.54. The van der Waals surface area contributed by atoms with E-state index in [9.17, 15) is 4.39 Å². The van der Waals surface area contributed by atoms with E-state index in [1.165, 1.54) is 6.07 Å². The summed E-state index contributed by atoms with van der Waals surface area (Å²) in [5.41, 5.74) is 1.67. The number of aryl methyl sites for hydroxylation is 1. The van der Waals surface area contributed by atoms with Crippen LogP contribution in [0.25, 0.3) is 0 Å². The molecule has 0 saturated carbocycles. The Morgan fingerprint density at radius 1 is 1.38 bits per heavy atom. The van der Waals surface area contributed by atoms with E-state index in [2.05, 4.69) is 15.9 Å². The van der Waals surface area contributed by atoms with Crippen molar-refractivity contribution in [2.45, 2.75) is 18.7 Å². The molecule has 0 spiro atoms. The lowest BCUT2D eigenvalue weighted by atomic mass is 10.0. The Bertz CT molecular complexity index is 276. The SMILES string of the molecule is Fc1cccc(CCCBr)c1CCl. The van der Waals surface area contributed by atoms with Gasteiger partial charge in [0, 0.05) is 10.9 Å². The van der Waals surface area contributed by atoms with Crippen molar-refractivity contribution in [1.29, 1.82) is 0 Å². The third kappa shape index (κ3) is 2.96. The minimum absolute atomic E-state index is 0.193. The monoisotopic (exact) mass is 264 g/mol. The highest BCUT2D eigenvalue weighted by Crippen LogP contribution is 2.17. The Hall–Kier alpha value is -0.0800. The third-order valence-electron chi connectivity index (χ3n) is 1.93. The lowest BCUT2D eigenvalue weighted by molar-refractivity contribution is 0.613. The maximum atomic E-state index is 13.2. The van der Waals surface area contributed by atoms with Crippen molar-refractivity contribution in [3.63, 3.8) is 0 Å². The summed E-state index contributed by atoms with van der Waals surface area (Å²) in [6.07, 6.45) is 1.89. The van der Waals surface area contributed by atoms with Crippen LogP contribution in [0.1, 0.15) is 17.5 Å². The van der Waals surface area contributed by atoms with E-state index in [0.29, 0.717) is 5.56 Å². The summed E-state index contributed by atoms with van der Waals surface area (Å²) in [4.78, 5) is 0. The molecule has 13 heavy (non-hydrogen) atoms. The molecule has 72 valence electrons. The van der Waals surface area contributed by atoms with Gasteiger partial charge in [0.05, 0.1) is 5.88 Å². The fourth-order valence-electron chi connectivity index (χ4n) is 1.24. The number of hydrogen-bond acceptors (Lipinski definition) is 0. The van der Waals surface area contributed by atoms with E-state index >= 15 is 0 Å². The van der Waals surface area contributed by atoms with Crippen molar-refractivity contribution in [2.75, 3.05) is 5.33 Å². The van der Waals surface area contributed by atoms with Gasteiger partial charge in [0.1, 0.15) is 5.82 Å². The van der Waals surface area contributed by atoms with Crippen LogP contribution in [0, 0.1) is 5.82 Å². The fraction of sp³-hybridized carbons (Fsp3) is 0.400. The topological polar surface area (TPSA) is 0 Å². The van der Waals surface area contributed by atoms with Crippen molar-refractivity contribution < 1.29 is 4.39 Å². The molecule has 0 aliphatic rings. The summed E-state index contributed by atoms with van der Waals surface area (Å²) in [6, 6.07) is 5.12. The van der Waals surface area contributed by atoms with Gasteiger partial charge in [-0.05, 0) is 24.5 Å². The van der Waals surface area contributed by atoms with E-state index in [0.717, 1.165) is 23.7 Å². The summed E-state index contributed by atoms with van der Waals surface area (Å²) < 4.78 is 13.2. The molecule has 1 rings (SSSR count). The first kappa shape index (κ1) is 11.0. The highest BCUT2D eigenvalue weighted by atomic mass is 79.9. The van der Waals surface area contributed by atoms with Crippen LogP contribution in [0.2, 0.25) is 0 Å². The first-order chi connectivity index (χ1) is 6.29. The Kier molecular flexibility index (Phi) is 4.74. The summed E-state index contributed by atoms with van der Waals surface area (Å²) in [6.45, 7) is 0. The van der Waals surface area contributed by atoms with Gasteiger partial charge in [0.15, 0.2) is 0 Å². The van der Waals surface area contributed by atoms with Gasteiger partial charge in [-0.15, -0.1) is 11.6 Å². The smallest absolute Gasteiger partial charge is 0.127 e. The van der Waals surface area contributed by atoms with Crippen molar-refractivity contribution in [3.05, 3.63) is 35.1 Å². The highest BCUT2D eigenvalue weighted by Gasteiger charge is 2.05. The van der Waals surface area contributed by atoms with Crippen LogP contribution in [-0.2, 0) is 12.3 Å². The molecule has 1 aromatic rings. The lowest BCUT2D eigenvalue weighted by Gasteiger charge is -2.06. The summed E-state index contributed by atoms with van der Waals surface area (Å²) in [7, 11) is 0. The van der Waals surface area contributed by atoms with Gasteiger partial charge in [-0.2, -0.15) is 0 Å². The van der Waals surface area contributed by atoms with Crippen molar-refractivity contribution in [1.82, 2.24) is 0 Å². The average molecular weight is 266 g/mol. The molecule has 0 atom stereocenters. The van der Waals surface area contributed by atoms with Crippen LogP contribution in [-0.4, -0.2) is 5.33 Å². The second kappa shape index (κ2) is 5.61. The molecule has 0 bridgehead atoms. The standard InChI is InChI=1S/C10H11BrClF/c11-6-2-4-8-3-1-5-10(13)9(8)7-12/h1,3,5H,2,4,6-7H2. The first-order valence-corrected chi connectivity index (χ1v) is 5.83. The molecule has 0 aliphatic carbocycles. The summed E-state index contributed by atoms with van der Waals surface area (Å²) in [5, 5.41) is 0.936. The van der Waals surface area contributed by atoms with Gasteiger partial charge < -0.3 is 0 Å². The quantitative estimate of drug-likeness (QED) is 0.725. The van der Waals surface area contributed by atoms with E-state index in [1.807, 2.05) is 6.07 Å². The van der Waals surface area contributed by atoms with Crippen LogP contribution in [0.3, 0.4) is 0 Å². The van der Waals surface area contributed by atoms with Crippen LogP contribution in [0.5, 0.6) is 0 Å². The molecule has 0 radical (unpaired) electrons. The van der Waals surface area contributed by atoms with E-state index in [-0.39, 0.29) is 11.7 Å². The second-order valence-corrected chi connectivity index (χ2v) is 3.86. The highest BCUT2D eigenvalue weighted by molar-refractivity contribution is 9.09. The first-order valence-electron chi connectivity index (χ1n) is 4.17. The molecule has 3 heteroatoms. The van der Waals surface area contributed by atoms with Crippen molar-refractivity contribution >= 4 is 27.5 Å².